The molecule has 0 aromatic heterocycles. The topological polar surface area (TPSA) is 34.1 Å². The van der Waals surface area contributed by atoms with E-state index in [1.165, 1.54) is 0 Å². The van der Waals surface area contributed by atoms with Crippen LogP contribution in [0.4, 0.5) is 17.6 Å². The van der Waals surface area contributed by atoms with E-state index in [2.05, 4.69) is 0 Å². The van der Waals surface area contributed by atoms with Crippen molar-refractivity contribution in [1.29, 1.82) is 0 Å². The van der Waals surface area contributed by atoms with Crippen LogP contribution >= 0.6 is 0 Å². The molecule has 0 aliphatic heterocycles. The number of halogens is 4. The van der Waals surface area contributed by atoms with Crippen molar-refractivity contribution < 1.29 is 26.0 Å². The lowest BCUT2D eigenvalue weighted by atomic mass is 10.4. The fraction of sp³-hybridized carbons (Fsp3) is 1.00. The van der Waals surface area contributed by atoms with Crippen LogP contribution in [0.2, 0.25) is 0 Å². The van der Waals surface area contributed by atoms with Gasteiger partial charge < -0.3 is 0 Å². The Morgan fingerprint density at radius 3 is 1.82 bits per heavy atom. The molecule has 2 nitrogen and oxygen atoms in total. The molecule has 0 fully saturated rings. The van der Waals surface area contributed by atoms with Gasteiger partial charge in [0.2, 0.25) is 0 Å². The predicted molar refractivity (Wildman–Crippen MR) is 30.7 cm³/mol. The fourth-order valence-corrected chi connectivity index (χ4v) is 1.24. The highest BCUT2D eigenvalue weighted by Gasteiger charge is 2.43. The second-order valence-corrected chi connectivity index (χ2v) is 4.27. The number of sulfone groups is 1. The van der Waals surface area contributed by atoms with Gasteiger partial charge in [-0.3, -0.25) is 0 Å². The van der Waals surface area contributed by atoms with E-state index in [0.29, 0.717) is 6.26 Å². The van der Waals surface area contributed by atoms with Gasteiger partial charge in [-0.05, 0) is 0 Å². The molecule has 0 atom stereocenters. The van der Waals surface area contributed by atoms with E-state index in [1.54, 1.807) is 0 Å². The summed E-state index contributed by atoms with van der Waals surface area (Å²) in [5.74, 6) is -6.24. The maximum absolute atomic E-state index is 11.9. The summed E-state index contributed by atoms with van der Waals surface area (Å²) in [5.41, 5.74) is 0. The van der Waals surface area contributed by atoms with Crippen molar-refractivity contribution in [1.82, 2.24) is 0 Å². The molecule has 11 heavy (non-hydrogen) atoms. The Morgan fingerprint density at radius 2 is 1.73 bits per heavy atom. The summed E-state index contributed by atoms with van der Waals surface area (Å²) in [6.45, 7) is 0. The quantitative estimate of drug-likeness (QED) is 0.626. The lowest BCUT2D eigenvalue weighted by Gasteiger charge is -2.12. The SMILES string of the molecule is CS(=O)(=O)CC(F)(F)C(F)F. The highest BCUT2D eigenvalue weighted by molar-refractivity contribution is 7.90. The smallest absolute Gasteiger partial charge is 0.229 e. The van der Waals surface area contributed by atoms with E-state index in [4.69, 9.17) is 0 Å². The molecule has 0 aliphatic rings. The van der Waals surface area contributed by atoms with Gasteiger partial charge >= 0.3 is 12.3 Å². The second kappa shape index (κ2) is 2.96. The summed E-state index contributed by atoms with van der Waals surface area (Å²) in [6.07, 6.45) is -3.46. The van der Waals surface area contributed by atoms with E-state index in [1.807, 2.05) is 0 Å². The average molecular weight is 194 g/mol. The summed E-state index contributed by atoms with van der Waals surface area (Å²) in [5, 5.41) is 0. The van der Waals surface area contributed by atoms with E-state index in [-0.39, 0.29) is 0 Å². The fourth-order valence-electron chi connectivity index (χ4n) is 0.413. The minimum atomic E-state index is -4.44. The molecule has 7 heteroatoms. The van der Waals surface area contributed by atoms with E-state index in [9.17, 15) is 26.0 Å². The van der Waals surface area contributed by atoms with Gasteiger partial charge in [0.05, 0.1) is 0 Å². The molecular formula is C4H6F4O2S. The Hall–Kier alpha value is -0.330. The third-order valence-electron chi connectivity index (χ3n) is 0.774. The average Bonchev–Trinajstić information content (AvgIpc) is 1.56. The Bertz CT molecular complexity index is 220. The molecule has 68 valence electrons. The van der Waals surface area contributed by atoms with Crippen molar-refractivity contribution in [3.05, 3.63) is 0 Å². The highest BCUT2D eigenvalue weighted by Crippen LogP contribution is 2.23. The van der Waals surface area contributed by atoms with Crippen LogP contribution in [0.5, 0.6) is 0 Å². The molecule has 0 spiro atoms. The molecule has 0 bridgehead atoms. The third kappa shape index (κ3) is 4.18. The molecule has 0 unspecified atom stereocenters. The molecular weight excluding hydrogens is 188 g/mol. The Morgan fingerprint density at radius 1 is 1.36 bits per heavy atom. The molecule has 0 heterocycles. The molecule has 0 aliphatic carbocycles. The van der Waals surface area contributed by atoms with Crippen molar-refractivity contribution >= 4 is 9.84 Å². The van der Waals surface area contributed by atoms with Gasteiger partial charge in [-0.15, -0.1) is 0 Å². The first-order valence-corrected chi connectivity index (χ1v) is 4.55. The predicted octanol–water partition coefficient (Wildman–Crippen LogP) is 0.931. The van der Waals surface area contributed by atoms with E-state index >= 15 is 0 Å². The van der Waals surface area contributed by atoms with Crippen LogP contribution in [-0.2, 0) is 9.84 Å². The highest BCUT2D eigenvalue weighted by atomic mass is 32.2. The summed E-state index contributed by atoms with van der Waals surface area (Å²) in [7, 11) is -4.06. The van der Waals surface area contributed by atoms with Crippen molar-refractivity contribution in [3.63, 3.8) is 0 Å². The first kappa shape index (κ1) is 10.7. The van der Waals surface area contributed by atoms with Gasteiger partial charge in [-0.1, -0.05) is 0 Å². The van der Waals surface area contributed by atoms with Gasteiger partial charge in [0.15, 0.2) is 9.84 Å². The summed E-state index contributed by atoms with van der Waals surface area (Å²) in [6, 6.07) is 0. The van der Waals surface area contributed by atoms with Gasteiger partial charge in [0, 0.05) is 6.26 Å². The zero-order valence-corrected chi connectivity index (χ0v) is 6.34. The number of hydrogen-bond donors (Lipinski definition) is 0. The first-order chi connectivity index (χ1) is 4.65. The number of alkyl halides is 4. The maximum atomic E-state index is 11.9. The monoisotopic (exact) mass is 194 g/mol. The minimum Gasteiger partial charge on any atom is -0.229 e. The lowest BCUT2D eigenvalue weighted by Crippen LogP contribution is -2.34. The van der Waals surface area contributed by atoms with Crippen molar-refractivity contribution in [2.75, 3.05) is 12.0 Å². The van der Waals surface area contributed by atoms with Gasteiger partial charge in [-0.2, -0.15) is 8.78 Å². The minimum absolute atomic E-state index is 0.475. The van der Waals surface area contributed by atoms with Crippen LogP contribution in [-0.4, -0.2) is 32.8 Å². The zero-order chi connectivity index (χ0) is 9.28. The summed E-state index contributed by atoms with van der Waals surface area (Å²) >= 11 is 0. The standard InChI is InChI=1S/C4H6F4O2S/c1-11(9,10)2-4(7,8)3(5)6/h3H,2H2,1H3. The molecule has 0 saturated heterocycles. The number of hydrogen-bond acceptors (Lipinski definition) is 2. The molecule has 0 aromatic carbocycles. The summed E-state index contributed by atoms with van der Waals surface area (Å²) < 4.78 is 66.8. The van der Waals surface area contributed by atoms with Crippen molar-refractivity contribution in [2.24, 2.45) is 0 Å². The van der Waals surface area contributed by atoms with Crippen LogP contribution < -0.4 is 0 Å². The zero-order valence-electron chi connectivity index (χ0n) is 5.52. The van der Waals surface area contributed by atoms with Crippen LogP contribution in [0, 0.1) is 0 Å². The van der Waals surface area contributed by atoms with Gasteiger partial charge in [0.1, 0.15) is 5.75 Å². The van der Waals surface area contributed by atoms with Gasteiger partial charge in [-0.25, -0.2) is 17.2 Å². The Kier molecular flexibility index (Phi) is 2.87. The molecule has 0 saturated carbocycles. The van der Waals surface area contributed by atoms with Gasteiger partial charge in [0.25, 0.3) is 0 Å². The van der Waals surface area contributed by atoms with Crippen LogP contribution in [0.25, 0.3) is 0 Å². The molecule has 0 radical (unpaired) electrons. The molecule has 0 aromatic rings. The van der Waals surface area contributed by atoms with Crippen LogP contribution in [0.1, 0.15) is 0 Å². The van der Waals surface area contributed by atoms with Crippen molar-refractivity contribution in [3.8, 4) is 0 Å². The Balaban J connectivity index is 4.38. The van der Waals surface area contributed by atoms with Crippen LogP contribution in [0.3, 0.4) is 0 Å². The first-order valence-electron chi connectivity index (χ1n) is 2.49. The molecule has 0 amide bonds. The second-order valence-electron chi connectivity index (χ2n) is 2.13. The number of rotatable bonds is 3. The normalized spacial score (nSPS) is 14.0. The Labute approximate surface area is 61.1 Å². The summed E-state index contributed by atoms with van der Waals surface area (Å²) in [4.78, 5) is 0. The molecule has 0 rings (SSSR count). The third-order valence-corrected chi connectivity index (χ3v) is 1.68. The van der Waals surface area contributed by atoms with Crippen molar-refractivity contribution in [2.45, 2.75) is 12.3 Å². The van der Waals surface area contributed by atoms with E-state index in [0.717, 1.165) is 0 Å². The van der Waals surface area contributed by atoms with Crippen LogP contribution in [0.15, 0.2) is 0 Å². The largest absolute Gasteiger partial charge is 0.321 e. The maximum Gasteiger partial charge on any atom is 0.321 e. The van der Waals surface area contributed by atoms with E-state index < -0.39 is 27.9 Å². The molecule has 0 N–H and O–H groups in total. The lowest BCUT2D eigenvalue weighted by molar-refractivity contribution is -0.110.